The predicted octanol–water partition coefficient (Wildman–Crippen LogP) is 3.97. The molecule has 0 radical (unpaired) electrons. The molecule has 7 heteroatoms. The monoisotopic (exact) mass is 423 g/mol. The first-order valence-electron chi connectivity index (χ1n) is 10.8. The standard InChI is InChI=1S/C24H29N3O4/c1-16(24(29)26-20-9-7-19(8-10-20)25-17(2)28)27-12-3-5-21(27)18-6-11-22-23(15-18)31-14-4-13-30-22/h6-11,15-16,21H,3-5,12-14H2,1-2H3,(H,25,28)(H,26,29)/t16-,21-/m1/s1. The Morgan fingerprint density at radius 3 is 2.35 bits per heavy atom. The predicted molar refractivity (Wildman–Crippen MR) is 120 cm³/mol. The lowest BCUT2D eigenvalue weighted by Gasteiger charge is -2.30. The van der Waals surface area contributed by atoms with Crippen LogP contribution in [-0.4, -0.2) is 42.5 Å². The van der Waals surface area contributed by atoms with Gasteiger partial charge in [-0.3, -0.25) is 14.5 Å². The fourth-order valence-corrected chi connectivity index (χ4v) is 4.24. The maximum Gasteiger partial charge on any atom is 0.241 e. The Kier molecular flexibility index (Phi) is 6.42. The third-order valence-corrected chi connectivity index (χ3v) is 5.80. The van der Waals surface area contributed by atoms with E-state index in [0.717, 1.165) is 42.9 Å². The third kappa shape index (κ3) is 4.99. The highest BCUT2D eigenvalue weighted by Crippen LogP contribution is 2.38. The number of rotatable bonds is 5. The van der Waals surface area contributed by atoms with Crippen LogP contribution in [0.5, 0.6) is 11.5 Å². The van der Waals surface area contributed by atoms with Crippen molar-refractivity contribution >= 4 is 23.2 Å². The Hall–Kier alpha value is -3.06. The summed E-state index contributed by atoms with van der Waals surface area (Å²) in [4.78, 5) is 26.4. The van der Waals surface area contributed by atoms with Crippen LogP contribution >= 0.6 is 0 Å². The molecule has 0 aromatic heterocycles. The topological polar surface area (TPSA) is 79.9 Å². The maximum absolute atomic E-state index is 12.9. The molecule has 0 unspecified atom stereocenters. The van der Waals surface area contributed by atoms with Gasteiger partial charge in [0.1, 0.15) is 0 Å². The van der Waals surface area contributed by atoms with Crippen LogP contribution in [0.15, 0.2) is 42.5 Å². The molecule has 7 nitrogen and oxygen atoms in total. The smallest absolute Gasteiger partial charge is 0.241 e. The minimum atomic E-state index is -0.279. The zero-order valence-corrected chi connectivity index (χ0v) is 18.0. The molecule has 31 heavy (non-hydrogen) atoms. The molecule has 2 aromatic rings. The molecule has 1 fully saturated rings. The first-order valence-corrected chi connectivity index (χ1v) is 10.8. The summed E-state index contributed by atoms with van der Waals surface area (Å²) >= 11 is 0. The van der Waals surface area contributed by atoms with E-state index in [1.807, 2.05) is 13.0 Å². The number of benzene rings is 2. The SMILES string of the molecule is CC(=O)Nc1ccc(NC(=O)[C@@H](C)N2CCC[C@@H]2c2ccc3c(c2)OCCCO3)cc1. The first kappa shape index (κ1) is 21.2. The number of nitrogens with one attached hydrogen (secondary N) is 2. The van der Waals surface area contributed by atoms with Gasteiger partial charge < -0.3 is 20.1 Å². The molecule has 0 saturated carbocycles. The van der Waals surface area contributed by atoms with Crippen LogP contribution in [0.1, 0.15) is 44.7 Å². The molecule has 2 aliphatic heterocycles. The van der Waals surface area contributed by atoms with Crippen LogP contribution in [0.3, 0.4) is 0 Å². The van der Waals surface area contributed by atoms with Crippen LogP contribution in [0, 0.1) is 0 Å². The molecule has 1 saturated heterocycles. The minimum Gasteiger partial charge on any atom is -0.490 e. The number of ether oxygens (including phenoxy) is 2. The van der Waals surface area contributed by atoms with E-state index in [-0.39, 0.29) is 23.9 Å². The van der Waals surface area contributed by atoms with Gasteiger partial charge in [-0.05, 0) is 68.3 Å². The van der Waals surface area contributed by atoms with Gasteiger partial charge in [0.15, 0.2) is 11.5 Å². The van der Waals surface area contributed by atoms with Crippen molar-refractivity contribution in [2.75, 3.05) is 30.4 Å². The molecule has 4 rings (SSSR count). The summed E-state index contributed by atoms with van der Waals surface area (Å²) in [5, 5.41) is 5.71. The van der Waals surface area contributed by atoms with Crippen molar-refractivity contribution in [3.63, 3.8) is 0 Å². The summed E-state index contributed by atoms with van der Waals surface area (Å²) in [7, 11) is 0. The molecule has 2 heterocycles. The number of hydrogen-bond donors (Lipinski definition) is 2. The number of likely N-dealkylation sites (tertiary alicyclic amines) is 1. The molecular weight excluding hydrogens is 394 g/mol. The average molecular weight is 424 g/mol. The van der Waals surface area contributed by atoms with Gasteiger partial charge in [0.2, 0.25) is 11.8 Å². The van der Waals surface area contributed by atoms with Gasteiger partial charge in [0, 0.05) is 30.8 Å². The summed E-state index contributed by atoms with van der Waals surface area (Å²) in [5.74, 6) is 1.41. The van der Waals surface area contributed by atoms with Crippen LogP contribution in [0.4, 0.5) is 11.4 Å². The number of carbonyl (C=O) groups excluding carboxylic acids is 2. The molecular formula is C24H29N3O4. The first-order chi connectivity index (χ1) is 15.0. The molecule has 2 amide bonds. The van der Waals surface area contributed by atoms with Gasteiger partial charge in [-0.15, -0.1) is 0 Å². The highest BCUT2D eigenvalue weighted by Gasteiger charge is 2.33. The lowest BCUT2D eigenvalue weighted by molar-refractivity contribution is -0.121. The van der Waals surface area contributed by atoms with E-state index in [9.17, 15) is 9.59 Å². The number of fused-ring (bicyclic) bond motifs is 1. The number of hydrogen-bond acceptors (Lipinski definition) is 5. The summed E-state index contributed by atoms with van der Waals surface area (Å²) in [6.07, 6.45) is 2.92. The summed E-state index contributed by atoms with van der Waals surface area (Å²) < 4.78 is 11.6. The van der Waals surface area contributed by atoms with Gasteiger partial charge in [-0.2, -0.15) is 0 Å². The average Bonchev–Trinajstić information content (AvgIpc) is 3.12. The lowest BCUT2D eigenvalue weighted by Crippen LogP contribution is -2.41. The Balaban J connectivity index is 1.44. The van der Waals surface area contributed by atoms with Crippen molar-refractivity contribution in [1.29, 1.82) is 0 Å². The van der Waals surface area contributed by atoms with Crippen LogP contribution in [0.2, 0.25) is 0 Å². The van der Waals surface area contributed by atoms with E-state index in [4.69, 9.17) is 9.47 Å². The Labute approximate surface area is 182 Å². The Bertz CT molecular complexity index is 944. The van der Waals surface area contributed by atoms with Crippen LogP contribution in [-0.2, 0) is 9.59 Å². The molecule has 2 atom stereocenters. The number of amides is 2. The quantitative estimate of drug-likeness (QED) is 0.761. The summed E-state index contributed by atoms with van der Waals surface area (Å²) in [6, 6.07) is 13.2. The van der Waals surface area contributed by atoms with Crippen molar-refractivity contribution in [2.45, 2.75) is 45.2 Å². The summed E-state index contributed by atoms with van der Waals surface area (Å²) in [6.45, 7) is 5.61. The maximum atomic E-state index is 12.9. The normalized spacial score (nSPS) is 19.4. The van der Waals surface area contributed by atoms with E-state index in [1.54, 1.807) is 24.3 Å². The number of anilines is 2. The summed E-state index contributed by atoms with van der Waals surface area (Å²) in [5.41, 5.74) is 2.56. The molecule has 0 aliphatic carbocycles. The van der Waals surface area contributed by atoms with E-state index in [2.05, 4.69) is 27.7 Å². The van der Waals surface area contributed by atoms with E-state index in [0.29, 0.717) is 24.6 Å². The molecule has 0 spiro atoms. The lowest BCUT2D eigenvalue weighted by atomic mass is 10.0. The Morgan fingerprint density at radius 1 is 0.968 bits per heavy atom. The van der Waals surface area contributed by atoms with E-state index in [1.165, 1.54) is 6.92 Å². The zero-order valence-electron chi connectivity index (χ0n) is 18.0. The van der Waals surface area contributed by atoms with Crippen LogP contribution < -0.4 is 20.1 Å². The van der Waals surface area contributed by atoms with Crippen molar-refractivity contribution in [3.8, 4) is 11.5 Å². The second-order valence-electron chi connectivity index (χ2n) is 8.08. The molecule has 164 valence electrons. The number of nitrogens with zero attached hydrogens (tertiary/aromatic N) is 1. The van der Waals surface area contributed by atoms with Gasteiger partial charge in [-0.25, -0.2) is 0 Å². The van der Waals surface area contributed by atoms with Crippen molar-refractivity contribution in [2.24, 2.45) is 0 Å². The molecule has 0 bridgehead atoms. The van der Waals surface area contributed by atoms with Crippen molar-refractivity contribution in [3.05, 3.63) is 48.0 Å². The van der Waals surface area contributed by atoms with Gasteiger partial charge >= 0.3 is 0 Å². The largest absolute Gasteiger partial charge is 0.490 e. The molecule has 2 N–H and O–H groups in total. The van der Waals surface area contributed by atoms with Crippen molar-refractivity contribution in [1.82, 2.24) is 4.90 Å². The minimum absolute atomic E-state index is 0.0477. The Morgan fingerprint density at radius 2 is 1.65 bits per heavy atom. The molecule has 2 aromatic carbocycles. The van der Waals surface area contributed by atoms with Gasteiger partial charge in [-0.1, -0.05) is 6.07 Å². The van der Waals surface area contributed by atoms with Crippen LogP contribution in [0.25, 0.3) is 0 Å². The van der Waals surface area contributed by atoms with Gasteiger partial charge in [0.25, 0.3) is 0 Å². The number of carbonyl (C=O) groups is 2. The fourth-order valence-electron chi connectivity index (χ4n) is 4.24. The second kappa shape index (κ2) is 9.39. The van der Waals surface area contributed by atoms with E-state index >= 15 is 0 Å². The highest BCUT2D eigenvalue weighted by molar-refractivity contribution is 5.95. The van der Waals surface area contributed by atoms with Gasteiger partial charge in [0.05, 0.1) is 19.3 Å². The zero-order chi connectivity index (χ0) is 21.8. The fraction of sp³-hybridized carbons (Fsp3) is 0.417. The van der Waals surface area contributed by atoms with E-state index < -0.39 is 0 Å². The second-order valence-corrected chi connectivity index (χ2v) is 8.08. The third-order valence-electron chi connectivity index (χ3n) is 5.80. The highest BCUT2D eigenvalue weighted by atomic mass is 16.5. The van der Waals surface area contributed by atoms with Crippen molar-refractivity contribution < 1.29 is 19.1 Å². The molecule has 2 aliphatic rings.